The molecule has 0 saturated heterocycles. The van der Waals surface area contributed by atoms with Gasteiger partial charge in [0.15, 0.2) is 11.5 Å². The van der Waals surface area contributed by atoms with Gasteiger partial charge < -0.3 is 15.4 Å². The first kappa shape index (κ1) is 19.3. The predicted octanol–water partition coefficient (Wildman–Crippen LogP) is 4.81. The molecule has 0 aliphatic heterocycles. The summed E-state index contributed by atoms with van der Waals surface area (Å²) in [5.41, 5.74) is 2.45. The molecular formula is C23H21N5O2. The van der Waals surface area contributed by atoms with Crippen LogP contribution in [0.2, 0.25) is 0 Å². The molecule has 2 aromatic heterocycles. The minimum Gasteiger partial charge on any atom is -0.489 e. The van der Waals surface area contributed by atoms with Crippen molar-refractivity contribution in [3.05, 3.63) is 78.6 Å². The maximum absolute atomic E-state index is 12.6. The quantitative estimate of drug-likeness (QED) is 0.484. The molecule has 4 aromatic rings. The molecule has 0 radical (unpaired) electrons. The standard InChI is InChI=1S/C23H21N5O2/c1-15(2)30-20-11-4-3-9-17(20)26-23(29)19-12-13-21(28-27-19)25-18-10-5-7-16-8-6-14-24-22(16)18/h3-15H,1-2H3,(H,25,28)(H,26,29). The fraction of sp³-hybridized carbons (Fsp3) is 0.130. The van der Waals surface area contributed by atoms with Crippen molar-refractivity contribution in [2.45, 2.75) is 20.0 Å². The number of benzene rings is 2. The highest BCUT2D eigenvalue weighted by Gasteiger charge is 2.13. The molecule has 0 aliphatic carbocycles. The second kappa shape index (κ2) is 8.57. The molecule has 0 atom stereocenters. The highest BCUT2D eigenvalue weighted by molar-refractivity contribution is 6.03. The Morgan fingerprint density at radius 2 is 1.70 bits per heavy atom. The van der Waals surface area contributed by atoms with Crippen LogP contribution in [0.5, 0.6) is 5.75 Å². The summed E-state index contributed by atoms with van der Waals surface area (Å²) in [6, 6.07) is 20.4. The van der Waals surface area contributed by atoms with Gasteiger partial charge in [0.2, 0.25) is 0 Å². The van der Waals surface area contributed by atoms with E-state index < -0.39 is 0 Å². The van der Waals surface area contributed by atoms with Crippen molar-refractivity contribution in [3.8, 4) is 5.75 Å². The molecule has 0 saturated carbocycles. The maximum atomic E-state index is 12.6. The number of aromatic nitrogens is 3. The van der Waals surface area contributed by atoms with E-state index in [0.717, 1.165) is 16.6 Å². The Labute approximate surface area is 174 Å². The Kier molecular flexibility index (Phi) is 5.52. The average Bonchev–Trinajstić information content (AvgIpc) is 2.75. The summed E-state index contributed by atoms with van der Waals surface area (Å²) >= 11 is 0. The van der Waals surface area contributed by atoms with Crippen LogP contribution in [0, 0.1) is 0 Å². The highest BCUT2D eigenvalue weighted by Crippen LogP contribution is 2.26. The topological polar surface area (TPSA) is 89.0 Å². The van der Waals surface area contributed by atoms with E-state index in [4.69, 9.17) is 4.74 Å². The molecular weight excluding hydrogens is 378 g/mol. The largest absolute Gasteiger partial charge is 0.489 e. The number of ether oxygens (including phenoxy) is 1. The normalized spacial score (nSPS) is 10.8. The van der Waals surface area contributed by atoms with Crippen molar-refractivity contribution < 1.29 is 9.53 Å². The summed E-state index contributed by atoms with van der Waals surface area (Å²) in [6.07, 6.45) is 1.74. The Bertz CT molecular complexity index is 1170. The van der Waals surface area contributed by atoms with Gasteiger partial charge in [-0.3, -0.25) is 9.78 Å². The number of rotatable bonds is 6. The first-order valence-electron chi connectivity index (χ1n) is 9.62. The Balaban J connectivity index is 1.49. The number of fused-ring (bicyclic) bond motifs is 1. The summed E-state index contributed by atoms with van der Waals surface area (Å²) in [7, 11) is 0. The van der Waals surface area contributed by atoms with Gasteiger partial charge in [0.05, 0.1) is 23.0 Å². The van der Waals surface area contributed by atoms with Crippen LogP contribution in [-0.4, -0.2) is 27.2 Å². The molecule has 2 N–H and O–H groups in total. The number of anilines is 3. The lowest BCUT2D eigenvalue weighted by Gasteiger charge is -2.14. The van der Waals surface area contributed by atoms with Crippen LogP contribution in [-0.2, 0) is 0 Å². The van der Waals surface area contributed by atoms with Crippen molar-refractivity contribution in [1.29, 1.82) is 0 Å². The highest BCUT2D eigenvalue weighted by atomic mass is 16.5. The van der Waals surface area contributed by atoms with Crippen LogP contribution in [0.15, 0.2) is 72.9 Å². The van der Waals surface area contributed by atoms with E-state index in [1.54, 1.807) is 24.4 Å². The zero-order valence-electron chi connectivity index (χ0n) is 16.7. The lowest BCUT2D eigenvalue weighted by atomic mass is 10.2. The van der Waals surface area contributed by atoms with Gasteiger partial charge in [0.1, 0.15) is 5.75 Å². The zero-order chi connectivity index (χ0) is 20.9. The van der Waals surface area contributed by atoms with Crippen LogP contribution < -0.4 is 15.4 Å². The molecule has 0 fully saturated rings. The second-order valence-corrected chi connectivity index (χ2v) is 6.93. The van der Waals surface area contributed by atoms with Crippen molar-refractivity contribution in [3.63, 3.8) is 0 Å². The van der Waals surface area contributed by atoms with E-state index >= 15 is 0 Å². The fourth-order valence-electron chi connectivity index (χ4n) is 2.98. The van der Waals surface area contributed by atoms with Gasteiger partial charge in [-0.15, -0.1) is 10.2 Å². The van der Waals surface area contributed by atoms with Gasteiger partial charge in [-0.25, -0.2) is 0 Å². The molecule has 0 spiro atoms. The smallest absolute Gasteiger partial charge is 0.276 e. The zero-order valence-corrected chi connectivity index (χ0v) is 16.7. The lowest BCUT2D eigenvalue weighted by Crippen LogP contribution is -2.16. The first-order chi connectivity index (χ1) is 14.6. The minimum atomic E-state index is -0.360. The maximum Gasteiger partial charge on any atom is 0.276 e. The summed E-state index contributed by atoms with van der Waals surface area (Å²) in [5, 5.41) is 15.2. The summed E-state index contributed by atoms with van der Waals surface area (Å²) < 4.78 is 5.74. The van der Waals surface area contributed by atoms with Crippen LogP contribution in [0.4, 0.5) is 17.2 Å². The molecule has 7 heteroatoms. The number of hydrogen-bond donors (Lipinski definition) is 2. The first-order valence-corrected chi connectivity index (χ1v) is 9.62. The van der Waals surface area contributed by atoms with Crippen LogP contribution >= 0.6 is 0 Å². The third-order valence-corrected chi connectivity index (χ3v) is 4.29. The van der Waals surface area contributed by atoms with Crippen molar-refractivity contribution in [2.24, 2.45) is 0 Å². The number of hydrogen-bond acceptors (Lipinski definition) is 6. The average molecular weight is 399 g/mol. The lowest BCUT2D eigenvalue weighted by molar-refractivity contribution is 0.102. The number of carbonyl (C=O) groups excluding carboxylic acids is 1. The van der Waals surface area contributed by atoms with Gasteiger partial charge >= 0.3 is 0 Å². The molecule has 2 heterocycles. The second-order valence-electron chi connectivity index (χ2n) is 6.93. The van der Waals surface area contributed by atoms with Gasteiger partial charge in [-0.05, 0) is 50.2 Å². The minimum absolute atomic E-state index is 0.00300. The number of amides is 1. The van der Waals surface area contributed by atoms with E-state index in [2.05, 4.69) is 25.8 Å². The SMILES string of the molecule is CC(C)Oc1ccccc1NC(=O)c1ccc(Nc2cccc3cccnc23)nn1. The number of pyridine rings is 1. The van der Waals surface area contributed by atoms with E-state index in [1.165, 1.54) is 0 Å². The molecule has 7 nitrogen and oxygen atoms in total. The fourth-order valence-corrected chi connectivity index (χ4v) is 2.98. The summed E-state index contributed by atoms with van der Waals surface area (Å²) in [5.74, 6) is 0.768. The molecule has 4 rings (SSSR count). The van der Waals surface area contributed by atoms with Crippen molar-refractivity contribution in [2.75, 3.05) is 10.6 Å². The molecule has 0 aliphatic rings. The van der Waals surface area contributed by atoms with Crippen LogP contribution in [0.1, 0.15) is 24.3 Å². The van der Waals surface area contributed by atoms with E-state index in [1.807, 2.05) is 62.4 Å². The third kappa shape index (κ3) is 4.35. The number of carbonyl (C=O) groups is 1. The van der Waals surface area contributed by atoms with E-state index in [-0.39, 0.29) is 17.7 Å². The van der Waals surface area contributed by atoms with Gasteiger partial charge in [-0.1, -0.05) is 30.3 Å². The monoisotopic (exact) mass is 399 g/mol. The summed E-state index contributed by atoms with van der Waals surface area (Å²) in [6.45, 7) is 3.86. The van der Waals surface area contributed by atoms with Crippen molar-refractivity contribution >= 4 is 34.0 Å². The van der Waals surface area contributed by atoms with Crippen molar-refractivity contribution in [1.82, 2.24) is 15.2 Å². The van der Waals surface area contributed by atoms with Gasteiger partial charge in [0.25, 0.3) is 5.91 Å². The molecule has 150 valence electrons. The van der Waals surface area contributed by atoms with E-state index in [0.29, 0.717) is 17.3 Å². The third-order valence-electron chi connectivity index (χ3n) is 4.29. The molecule has 1 amide bonds. The number of nitrogens with zero attached hydrogens (tertiary/aromatic N) is 3. The van der Waals surface area contributed by atoms with Gasteiger partial charge in [-0.2, -0.15) is 0 Å². The Morgan fingerprint density at radius 1 is 0.900 bits per heavy atom. The predicted molar refractivity (Wildman–Crippen MR) is 117 cm³/mol. The molecule has 30 heavy (non-hydrogen) atoms. The van der Waals surface area contributed by atoms with E-state index in [9.17, 15) is 4.79 Å². The molecule has 2 aromatic carbocycles. The molecule has 0 unspecified atom stereocenters. The Hall–Kier alpha value is -4.00. The number of para-hydroxylation sites is 3. The van der Waals surface area contributed by atoms with Crippen LogP contribution in [0.25, 0.3) is 10.9 Å². The van der Waals surface area contributed by atoms with Crippen LogP contribution in [0.3, 0.4) is 0 Å². The summed E-state index contributed by atoms with van der Waals surface area (Å²) in [4.78, 5) is 17.0. The molecule has 0 bridgehead atoms. The van der Waals surface area contributed by atoms with Gasteiger partial charge in [0, 0.05) is 11.6 Å². The number of nitrogens with one attached hydrogen (secondary N) is 2. The Morgan fingerprint density at radius 3 is 2.50 bits per heavy atom.